The van der Waals surface area contributed by atoms with Crippen LogP contribution in [0.1, 0.15) is 32.7 Å². The van der Waals surface area contributed by atoms with Gasteiger partial charge in [0.15, 0.2) is 0 Å². The molecule has 0 bridgehead atoms. The molecule has 2 amide bonds. The van der Waals surface area contributed by atoms with Crippen molar-refractivity contribution in [3.8, 4) is 5.69 Å². The maximum Gasteiger partial charge on any atom is 0.350 e. The zero-order valence-electron chi connectivity index (χ0n) is 18.6. The van der Waals surface area contributed by atoms with Crippen LogP contribution in [-0.4, -0.2) is 59.2 Å². The van der Waals surface area contributed by atoms with Gasteiger partial charge in [0.1, 0.15) is 10.9 Å². The number of carbonyl (C=O) groups is 3. The van der Waals surface area contributed by atoms with Gasteiger partial charge in [0.25, 0.3) is 0 Å². The highest BCUT2D eigenvalue weighted by molar-refractivity contribution is 7.12. The number of rotatable bonds is 6. The number of aromatic nitrogens is 2. The van der Waals surface area contributed by atoms with Gasteiger partial charge in [-0.15, -0.1) is 11.3 Å². The number of para-hydroxylation sites is 1. The van der Waals surface area contributed by atoms with Gasteiger partial charge in [-0.3, -0.25) is 14.5 Å². The van der Waals surface area contributed by atoms with Crippen molar-refractivity contribution in [1.29, 1.82) is 0 Å². The highest BCUT2D eigenvalue weighted by Gasteiger charge is 2.36. The molecule has 3 heterocycles. The minimum absolute atomic E-state index is 0.00998. The van der Waals surface area contributed by atoms with E-state index in [0.29, 0.717) is 23.7 Å². The summed E-state index contributed by atoms with van der Waals surface area (Å²) in [7, 11) is 1.30. The molecule has 172 valence electrons. The molecule has 0 aliphatic carbocycles. The molecule has 4 rings (SSSR count). The van der Waals surface area contributed by atoms with Crippen LogP contribution in [0.3, 0.4) is 0 Å². The molecule has 3 aromatic rings. The number of aryl methyl sites for hydroxylation is 1. The fourth-order valence-corrected chi connectivity index (χ4v) is 4.87. The summed E-state index contributed by atoms with van der Waals surface area (Å²) in [6.07, 6.45) is 0. The number of anilines is 1. The zero-order chi connectivity index (χ0) is 23.5. The molecule has 10 heteroatoms. The summed E-state index contributed by atoms with van der Waals surface area (Å²) in [5, 5.41) is 12.1. The number of thiophene rings is 1. The Labute approximate surface area is 195 Å². The van der Waals surface area contributed by atoms with Crippen molar-refractivity contribution in [1.82, 2.24) is 20.0 Å². The van der Waals surface area contributed by atoms with Crippen LogP contribution < -0.4 is 10.6 Å². The Kier molecular flexibility index (Phi) is 6.57. The van der Waals surface area contributed by atoms with E-state index in [1.54, 1.807) is 11.4 Å². The summed E-state index contributed by atoms with van der Waals surface area (Å²) in [6, 6.07) is 10.7. The molecule has 1 aromatic carbocycles. The largest absolute Gasteiger partial charge is 0.465 e. The van der Waals surface area contributed by atoms with Crippen molar-refractivity contribution in [3.05, 3.63) is 63.6 Å². The van der Waals surface area contributed by atoms with E-state index < -0.39 is 12.0 Å². The quantitative estimate of drug-likeness (QED) is 0.540. The van der Waals surface area contributed by atoms with Crippen molar-refractivity contribution in [2.75, 3.05) is 32.1 Å². The fourth-order valence-electron chi connectivity index (χ4n) is 4.10. The lowest BCUT2D eigenvalue weighted by Gasteiger charge is -2.34. The number of methoxy groups -OCH3 is 1. The standard InChI is InChI=1S/C23H25N5O4S/c1-14-19(15(2)28(26-14)16-7-5-4-6-8-16)20-22(30)24-10-11-27(20)13-18(29)25-17-9-12-33-21(17)23(31)32-3/h4-9,12,20H,10-11,13H2,1-3H3,(H,24,30)(H,25,29). The molecule has 2 N–H and O–H groups in total. The summed E-state index contributed by atoms with van der Waals surface area (Å²) in [5.74, 6) is -0.988. The van der Waals surface area contributed by atoms with E-state index in [2.05, 4.69) is 15.7 Å². The number of ether oxygens (including phenoxy) is 1. The molecular weight excluding hydrogens is 442 g/mol. The predicted molar refractivity (Wildman–Crippen MR) is 125 cm³/mol. The lowest BCUT2D eigenvalue weighted by molar-refractivity contribution is -0.130. The van der Waals surface area contributed by atoms with E-state index in [-0.39, 0.29) is 18.4 Å². The second-order valence-corrected chi connectivity index (χ2v) is 8.62. The maximum atomic E-state index is 13.0. The normalized spacial score (nSPS) is 16.3. The fraction of sp³-hybridized carbons (Fsp3) is 0.304. The monoisotopic (exact) mass is 467 g/mol. The van der Waals surface area contributed by atoms with E-state index >= 15 is 0 Å². The van der Waals surface area contributed by atoms with Gasteiger partial charge in [0.05, 0.1) is 30.7 Å². The van der Waals surface area contributed by atoms with Crippen LogP contribution >= 0.6 is 11.3 Å². The van der Waals surface area contributed by atoms with Crippen LogP contribution in [-0.2, 0) is 14.3 Å². The second kappa shape index (κ2) is 9.55. The number of benzene rings is 1. The third-order valence-corrected chi connectivity index (χ3v) is 6.48. The van der Waals surface area contributed by atoms with E-state index in [4.69, 9.17) is 4.74 Å². The van der Waals surface area contributed by atoms with Crippen molar-refractivity contribution >= 4 is 34.8 Å². The Balaban J connectivity index is 1.59. The number of nitrogens with zero attached hydrogens (tertiary/aromatic N) is 3. The van der Waals surface area contributed by atoms with Gasteiger partial charge < -0.3 is 15.4 Å². The van der Waals surface area contributed by atoms with Crippen LogP contribution in [0, 0.1) is 13.8 Å². The summed E-state index contributed by atoms with van der Waals surface area (Å²) in [6.45, 7) is 4.74. The molecule has 1 aliphatic heterocycles. The number of amides is 2. The molecule has 9 nitrogen and oxygen atoms in total. The Bertz CT molecular complexity index is 1190. The number of piperazine rings is 1. The third kappa shape index (κ3) is 4.53. The molecule has 0 saturated carbocycles. The van der Waals surface area contributed by atoms with Crippen LogP contribution in [0.2, 0.25) is 0 Å². The van der Waals surface area contributed by atoms with Crippen LogP contribution in [0.4, 0.5) is 5.69 Å². The topological polar surface area (TPSA) is 106 Å². The average Bonchev–Trinajstić information content (AvgIpc) is 3.38. The lowest BCUT2D eigenvalue weighted by Crippen LogP contribution is -2.52. The Hall–Kier alpha value is -3.50. The highest BCUT2D eigenvalue weighted by atomic mass is 32.1. The molecule has 1 aliphatic rings. The van der Waals surface area contributed by atoms with E-state index in [0.717, 1.165) is 22.6 Å². The Morgan fingerprint density at radius 3 is 2.73 bits per heavy atom. The first-order valence-corrected chi connectivity index (χ1v) is 11.4. The van der Waals surface area contributed by atoms with Crippen LogP contribution in [0.15, 0.2) is 41.8 Å². The van der Waals surface area contributed by atoms with Gasteiger partial charge in [-0.1, -0.05) is 18.2 Å². The van der Waals surface area contributed by atoms with Gasteiger partial charge in [-0.25, -0.2) is 9.48 Å². The van der Waals surface area contributed by atoms with E-state index in [1.165, 1.54) is 18.4 Å². The number of carbonyl (C=O) groups excluding carboxylic acids is 3. The summed E-state index contributed by atoms with van der Waals surface area (Å²) in [5.41, 5.74) is 3.66. The molecule has 1 atom stereocenters. The molecule has 0 spiro atoms. The number of esters is 1. The number of nitrogens with one attached hydrogen (secondary N) is 2. The summed E-state index contributed by atoms with van der Waals surface area (Å²) >= 11 is 1.19. The number of hydrogen-bond acceptors (Lipinski definition) is 7. The molecule has 1 unspecified atom stereocenters. The molecular formula is C23H25N5O4S. The molecule has 33 heavy (non-hydrogen) atoms. The van der Waals surface area contributed by atoms with Gasteiger partial charge >= 0.3 is 5.97 Å². The first kappa shape index (κ1) is 22.7. The minimum Gasteiger partial charge on any atom is -0.465 e. The van der Waals surface area contributed by atoms with Crippen molar-refractivity contribution in [2.24, 2.45) is 0 Å². The molecule has 1 fully saturated rings. The van der Waals surface area contributed by atoms with Crippen LogP contribution in [0.5, 0.6) is 0 Å². The number of hydrogen-bond donors (Lipinski definition) is 2. The minimum atomic E-state index is -0.649. The van der Waals surface area contributed by atoms with Gasteiger partial charge in [-0.2, -0.15) is 5.10 Å². The molecule has 2 aromatic heterocycles. The predicted octanol–water partition coefficient (Wildman–Crippen LogP) is 2.45. The second-order valence-electron chi connectivity index (χ2n) is 7.70. The maximum absolute atomic E-state index is 13.0. The summed E-state index contributed by atoms with van der Waals surface area (Å²) in [4.78, 5) is 39.9. The Morgan fingerprint density at radius 2 is 2.00 bits per heavy atom. The summed E-state index contributed by atoms with van der Waals surface area (Å²) < 4.78 is 6.59. The smallest absolute Gasteiger partial charge is 0.350 e. The van der Waals surface area contributed by atoms with Gasteiger partial charge in [0, 0.05) is 24.3 Å². The van der Waals surface area contributed by atoms with Gasteiger partial charge in [-0.05, 0) is 37.4 Å². The average molecular weight is 468 g/mol. The van der Waals surface area contributed by atoms with Crippen molar-refractivity contribution in [2.45, 2.75) is 19.9 Å². The SMILES string of the molecule is COC(=O)c1sccc1NC(=O)CN1CCNC(=O)C1c1c(C)nn(-c2ccccc2)c1C. The Morgan fingerprint density at radius 1 is 1.24 bits per heavy atom. The lowest BCUT2D eigenvalue weighted by atomic mass is 10.00. The molecule has 1 saturated heterocycles. The van der Waals surface area contributed by atoms with E-state index in [1.807, 2.05) is 53.8 Å². The van der Waals surface area contributed by atoms with E-state index in [9.17, 15) is 14.4 Å². The van der Waals surface area contributed by atoms with Gasteiger partial charge in [0.2, 0.25) is 11.8 Å². The van der Waals surface area contributed by atoms with Crippen molar-refractivity contribution in [3.63, 3.8) is 0 Å². The highest BCUT2D eigenvalue weighted by Crippen LogP contribution is 2.30. The molecule has 0 radical (unpaired) electrons. The van der Waals surface area contributed by atoms with Crippen LogP contribution in [0.25, 0.3) is 5.69 Å². The van der Waals surface area contributed by atoms with Crippen molar-refractivity contribution < 1.29 is 19.1 Å². The zero-order valence-corrected chi connectivity index (χ0v) is 19.4. The first-order chi connectivity index (χ1) is 15.9. The first-order valence-electron chi connectivity index (χ1n) is 10.5. The third-order valence-electron chi connectivity index (χ3n) is 5.59.